The maximum atomic E-state index is 9.31. The molecule has 1 unspecified atom stereocenters. The monoisotopic (exact) mass is 213 g/mol. The molecule has 88 valence electrons. The Bertz CT molecular complexity index is 194. The fourth-order valence-electron chi connectivity index (χ4n) is 2.30. The highest BCUT2D eigenvalue weighted by Crippen LogP contribution is 2.35. The molecule has 2 N–H and O–H groups in total. The van der Waals surface area contributed by atoms with Gasteiger partial charge in [0.1, 0.15) is 0 Å². The second kappa shape index (κ2) is 4.81. The van der Waals surface area contributed by atoms with Crippen molar-refractivity contribution in [1.29, 1.82) is 0 Å². The number of nitrogens with one attached hydrogen (secondary N) is 1. The van der Waals surface area contributed by atoms with Crippen LogP contribution in [0.3, 0.4) is 0 Å². The normalized spacial score (nSPS) is 26.0. The van der Waals surface area contributed by atoms with Crippen molar-refractivity contribution in [3.63, 3.8) is 0 Å². The lowest BCUT2D eigenvalue weighted by atomic mass is 9.86. The molecule has 1 aliphatic heterocycles. The van der Waals surface area contributed by atoms with Gasteiger partial charge in [-0.3, -0.25) is 0 Å². The van der Waals surface area contributed by atoms with Crippen LogP contribution in [0.2, 0.25) is 0 Å². The van der Waals surface area contributed by atoms with Gasteiger partial charge in [-0.25, -0.2) is 0 Å². The highest BCUT2D eigenvalue weighted by Gasteiger charge is 2.39. The molecule has 0 bridgehead atoms. The molecule has 3 nitrogen and oxygen atoms in total. The molecule has 0 aromatic carbocycles. The predicted molar refractivity (Wildman–Crippen MR) is 59.8 cm³/mol. The van der Waals surface area contributed by atoms with Crippen LogP contribution in [0.5, 0.6) is 0 Å². The van der Waals surface area contributed by atoms with E-state index in [4.69, 9.17) is 4.74 Å². The van der Waals surface area contributed by atoms with E-state index >= 15 is 0 Å². The van der Waals surface area contributed by atoms with E-state index in [0.717, 1.165) is 25.7 Å². The first-order valence-corrected chi connectivity index (χ1v) is 6.22. The summed E-state index contributed by atoms with van der Waals surface area (Å²) in [6.07, 6.45) is 5.30. The lowest BCUT2D eigenvalue weighted by Crippen LogP contribution is -2.54. The average molecular weight is 213 g/mol. The van der Waals surface area contributed by atoms with Crippen molar-refractivity contribution < 1.29 is 9.84 Å². The van der Waals surface area contributed by atoms with Crippen LogP contribution in [-0.4, -0.2) is 37.5 Å². The molecule has 2 fully saturated rings. The second-order valence-electron chi connectivity index (χ2n) is 5.26. The minimum Gasteiger partial charge on any atom is -0.396 e. The first kappa shape index (κ1) is 11.4. The van der Waals surface area contributed by atoms with Crippen molar-refractivity contribution in [3.05, 3.63) is 0 Å². The van der Waals surface area contributed by atoms with Gasteiger partial charge < -0.3 is 15.2 Å². The Morgan fingerprint density at radius 3 is 2.60 bits per heavy atom. The molecular formula is C12H23NO2. The standard InChI is InChI=1S/C12H23NO2/c1-2-3-11(10-4-5-10)13-6-12(7-14)8-15-9-12/h10-11,13-14H,2-9H2,1H3. The minimum absolute atomic E-state index is 0.0287. The first-order valence-electron chi connectivity index (χ1n) is 6.22. The summed E-state index contributed by atoms with van der Waals surface area (Å²) >= 11 is 0. The van der Waals surface area contributed by atoms with Crippen LogP contribution in [0.1, 0.15) is 32.6 Å². The number of rotatable bonds is 7. The Labute approximate surface area is 92.2 Å². The van der Waals surface area contributed by atoms with Gasteiger partial charge in [-0.05, 0) is 25.2 Å². The van der Waals surface area contributed by atoms with Gasteiger partial charge in [0.05, 0.1) is 25.2 Å². The van der Waals surface area contributed by atoms with Crippen LogP contribution >= 0.6 is 0 Å². The second-order valence-corrected chi connectivity index (χ2v) is 5.26. The third-order valence-corrected chi connectivity index (χ3v) is 3.68. The third kappa shape index (κ3) is 2.71. The zero-order valence-electron chi connectivity index (χ0n) is 9.67. The van der Waals surface area contributed by atoms with Crippen LogP contribution in [0.15, 0.2) is 0 Å². The van der Waals surface area contributed by atoms with Crippen molar-refractivity contribution in [2.24, 2.45) is 11.3 Å². The largest absolute Gasteiger partial charge is 0.396 e. The van der Waals surface area contributed by atoms with E-state index in [1.54, 1.807) is 0 Å². The van der Waals surface area contributed by atoms with Gasteiger partial charge in [0.2, 0.25) is 0 Å². The molecule has 0 amide bonds. The van der Waals surface area contributed by atoms with Gasteiger partial charge in [-0.1, -0.05) is 13.3 Å². The maximum Gasteiger partial charge on any atom is 0.0579 e. The van der Waals surface area contributed by atoms with Crippen molar-refractivity contribution in [2.75, 3.05) is 26.4 Å². The lowest BCUT2D eigenvalue weighted by molar-refractivity contribution is -0.135. The van der Waals surface area contributed by atoms with E-state index < -0.39 is 0 Å². The summed E-state index contributed by atoms with van der Waals surface area (Å²) < 4.78 is 5.20. The molecule has 1 saturated heterocycles. The topological polar surface area (TPSA) is 41.5 Å². The lowest BCUT2D eigenvalue weighted by Gasteiger charge is -2.41. The van der Waals surface area contributed by atoms with E-state index in [1.165, 1.54) is 25.7 Å². The van der Waals surface area contributed by atoms with Crippen molar-refractivity contribution in [3.8, 4) is 0 Å². The molecule has 1 heterocycles. The molecule has 0 aromatic heterocycles. The number of hydrogen-bond acceptors (Lipinski definition) is 3. The number of hydrogen-bond donors (Lipinski definition) is 2. The van der Waals surface area contributed by atoms with Gasteiger partial charge in [-0.15, -0.1) is 0 Å². The van der Waals surface area contributed by atoms with Gasteiger partial charge in [0.25, 0.3) is 0 Å². The predicted octanol–water partition coefficient (Wildman–Crippen LogP) is 1.16. The van der Waals surface area contributed by atoms with Gasteiger partial charge in [-0.2, -0.15) is 0 Å². The summed E-state index contributed by atoms with van der Waals surface area (Å²) in [6, 6.07) is 0.680. The molecular weight excluding hydrogens is 190 g/mol. The van der Waals surface area contributed by atoms with Crippen LogP contribution in [0.25, 0.3) is 0 Å². The molecule has 2 aliphatic rings. The van der Waals surface area contributed by atoms with Crippen molar-refractivity contribution >= 4 is 0 Å². The molecule has 0 spiro atoms. The van der Waals surface area contributed by atoms with Gasteiger partial charge in [0, 0.05) is 12.6 Å². The molecule has 2 rings (SSSR count). The Morgan fingerprint density at radius 2 is 2.20 bits per heavy atom. The SMILES string of the molecule is CCCC(NCC1(CO)COC1)C1CC1. The van der Waals surface area contributed by atoms with E-state index in [1.807, 2.05) is 0 Å². The van der Waals surface area contributed by atoms with Crippen LogP contribution < -0.4 is 5.32 Å². The summed E-state index contributed by atoms with van der Waals surface area (Å²) in [5.74, 6) is 0.904. The third-order valence-electron chi connectivity index (χ3n) is 3.68. The summed E-state index contributed by atoms with van der Waals surface area (Å²) in [5.41, 5.74) is 0.0287. The molecule has 1 saturated carbocycles. The van der Waals surface area contributed by atoms with E-state index in [-0.39, 0.29) is 12.0 Å². The average Bonchev–Trinajstić information content (AvgIpc) is 2.98. The van der Waals surface area contributed by atoms with Crippen LogP contribution in [0, 0.1) is 11.3 Å². The van der Waals surface area contributed by atoms with Crippen LogP contribution in [-0.2, 0) is 4.74 Å². The van der Waals surface area contributed by atoms with Crippen molar-refractivity contribution in [2.45, 2.75) is 38.6 Å². The quantitative estimate of drug-likeness (QED) is 0.667. The first-order chi connectivity index (χ1) is 7.29. The molecule has 1 atom stereocenters. The molecule has 0 aromatic rings. The molecule has 15 heavy (non-hydrogen) atoms. The van der Waals surface area contributed by atoms with E-state index in [2.05, 4.69) is 12.2 Å². The minimum atomic E-state index is 0.0287. The highest BCUT2D eigenvalue weighted by atomic mass is 16.5. The zero-order valence-corrected chi connectivity index (χ0v) is 9.67. The molecule has 1 aliphatic carbocycles. The van der Waals surface area contributed by atoms with E-state index in [0.29, 0.717) is 6.04 Å². The van der Waals surface area contributed by atoms with Crippen molar-refractivity contribution in [1.82, 2.24) is 5.32 Å². The Morgan fingerprint density at radius 1 is 1.47 bits per heavy atom. The number of aliphatic hydroxyl groups excluding tert-OH is 1. The summed E-state index contributed by atoms with van der Waals surface area (Å²) in [4.78, 5) is 0. The Balaban J connectivity index is 1.74. The maximum absolute atomic E-state index is 9.31. The molecule has 3 heteroatoms. The van der Waals surface area contributed by atoms with E-state index in [9.17, 15) is 5.11 Å². The summed E-state index contributed by atoms with van der Waals surface area (Å²) in [7, 11) is 0. The smallest absolute Gasteiger partial charge is 0.0579 e. The Kier molecular flexibility index (Phi) is 3.65. The van der Waals surface area contributed by atoms with Gasteiger partial charge >= 0.3 is 0 Å². The fourth-order valence-corrected chi connectivity index (χ4v) is 2.30. The summed E-state index contributed by atoms with van der Waals surface area (Å²) in [5, 5.41) is 12.9. The number of ether oxygens (including phenoxy) is 1. The number of aliphatic hydroxyl groups is 1. The van der Waals surface area contributed by atoms with Gasteiger partial charge in [0.15, 0.2) is 0 Å². The highest BCUT2D eigenvalue weighted by molar-refractivity contribution is 4.92. The molecule has 0 radical (unpaired) electrons. The summed E-state index contributed by atoms with van der Waals surface area (Å²) in [6.45, 7) is 4.86. The Hall–Kier alpha value is -0.120. The fraction of sp³-hybridized carbons (Fsp3) is 1.00. The van der Waals surface area contributed by atoms with Crippen LogP contribution in [0.4, 0.5) is 0 Å². The zero-order chi connectivity index (χ0) is 10.7.